The van der Waals surface area contributed by atoms with Gasteiger partial charge >= 0.3 is 0 Å². The maximum Gasteiger partial charge on any atom is 0.0779 e. The van der Waals surface area contributed by atoms with E-state index in [1.165, 1.54) is 18.4 Å². The lowest BCUT2D eigenvalue weighted by Gasteiger charge is -2.11. The summed E-state index contributed by atoms with van der Waals surface area (Å²) < 4.78 is 11.9. The standard InChI is InChI=1S/C14H21NO2S/c1-11-3-2-4-12(7-11)9-18(17)10-14(16)8-15-13-5-6-13/h2-4,7,13-16H,5-6,8-10H2,1H3. The van der Waals surface area contributed by atoms with E-state index < -0.39 is 16.9 Å². The molecule has 2 N–H and O–H groups in total. The third-order valence-electron chi connectivity index (χ3n) is 3.01. The second-order valence-corrected chi connectivity index (χ2v) is 6.58. The molecule has 18 heavy (non-hydrogen) atoms. The minimum absolute atomic E-state index is 0.355. The lowest BCUT2D eigenvalue weighted by Crippen LogP contribution is -2.32. The van der Waals surface area contributed by atoms with E-state index in [9.17, 15) is 9.32 Å². The zero-order valence-electron chi connectivity index (χ0n) is 10.8. The Hall–Kier alpha value is -0.710. The van der Waals surface area contributed by atoms with Crippen LogP contribution in [0.3, 0.4) is 0 Å². The Bertz CT molecular complexity index is 418. The zero-order chi connectivity index (χ0) is 13.0. The SMILES string of the molecule is Cc1cccc(CS(=O)CC(O)CNC2CC2)c1. The van der Waals surface area contributed by atoms with E-state index >= 15 is 0 Å². The number of nitrogens with one attached hydrogen (secondary N) is 1. The molecular weight excluding hydrogens is 246 g/mol. The van der Waals surface area contributed by atoms with Crippen LogP contribution < -0.4 is 5.32 Å². The van der Waals surface area contributed by atoms with E-state index in [1.54, 1.807) is 0 Å². The number of rotatable bonds is 7. The maximum absolute atomic E-state index is 11.9. The Morgan fingerprint density at radius 2 is 2.28 bits per heavy atom. The zero-order valence-corrected chi connectivity index (χ0v) is 11.6. The van der Waals surface area contributed by atoms with Crippen molar-refractivity contribution in [1.29, 1.82) is 0 Å². The molecule has 3 nitrogen and oxygen atoms in total. The summed E-state index contributed by atoms with van der Waals surface area (Å²) in [5.74, 6) is 0.885. The Balaban J connectivity index is 1.73. The van der Waals surface area contributed by atoms with E-state index in [4.69, 9.17) is 0 Å². The van der Waals surface area contributed by atoms with Crippen LogP contribution in [0.15, 0.2) is 24.3 Å². The van der Waals surface area contributed by atoms with Gasteiger partial charge in [0.2, 0.25) is 0 Å². The van der Waals surface area contributed by atoms with Gasteiger partial charge in [0.25, 0.3) is 0 Å². The van der Waals surface area contributed by atoms with Crippen LogP contribution in [0, 0.1) is 6.92 Å². The summed E-state index contributed by atoms with van der Waals surface area (Å²) in [6, 6.07) is 8.63. The van der Waals surface area contributed by atoms with Gasteiger partial charge in [-0.25, -0.2) is 0 Å². The van der Waals surface area contributed by atoms with Crippen molar-refractivity contribution in [1.82, 2.24) is 5.32 Å². The number of aliphatic hydroxyl groups excluding tert-OH is 1. The fourth-order valence-electron chi connectivity index (χ4n) is 1.91. The highest BCUT2D eigenvalue weighted by atomic mass is 32.2. The van der Waals surface area contributed by atoms with Crippen LogP contribution >= 0.6 is 0 Å². The first kappa shape index (κ1) is 13.7. The summed E-state index contributed by atoms with van der Waals surface area (Å²) in [4.78, 5) is 0. The molecular formula is C14H21NO2S. The van der Waals surface area contributed by atoms with Crippen LogP contribution in [0.1, 0.15) is 24.0 Å². The highest BCUT2D eigenvalue weighted by Gasteiger charge is 2.21. The average molecular weight is 267 g/mol. The molecule has 0 spiro atoms. The van der Waals surface area contributed by atoms with Crippen molar-refractivity contribution in [3.8, 4) is 0 Å². The molecule has 0 heterocycles. The highest BCUT2D eigenvalue weighted by molar-refractivity contribution is 7.84. The summed E-state index contributed by atoms with van der Waals surface area (Å²) in [6.45, 7) is 2.59. The molecule has 1 fully saturated rings. The van der Waals surface area contributed by atoms with Crippen LogP contribution in [0.4, 0.5) is 0 Å². The fourth-order valence-corrected chi connectivity index (χ4v) is 3.13. The van der Waals surface area contributed by atoms with Gasteiger partial charge in [-0.3, -0.25) is 4.21 Å². The maximum atomic E-state index is 11.9. The topological polar surface area (TPSA) is 49.3 Å². The van der Waals surface area contributed by atoms with Gasteiger partial charge < -0.3 is 10.4 Å². The largest absolute Gasteiger partial charge is 0.391 e. The van der Waals surface area contributed by atoms with Gasteiger partial charge in [-0.1, -0.05) is 29.8 Å². The van der Waals surface area contributed by atoms with Crippen LogP contribution in [0.2, 0.25) is 0 Å². The number of aryl methyl sites for hydroxylation is 1. The second kappa shape index (κ2) is 6.45. The Kier molecular flexibility index (Phi) is 4.92. The van der Waals surface area contributed by atoms with Crippen LogP contribution in [0.25, 0.3) is 0 Å². The molecule has 0 aliphatic heterocycles. The molecule has 0 bridgehead atoms. The van der Waals surface area contributed by atoms with Crippen LogP contribution in [-0.4, -0.2) is 33.8 Å². The van der Waals surface area contributed by atoms with Crippen molar-refractivity contribution in [3.05, 3.63) is 35.4 Å². The summed E-state index contributed by atoms with van der Waals surface area (Å²) in [5.41, 5.74) is 2.26. The predicted octanol–water partition coefficient (Wildman–Crippen LogP) is 1.36. The van der Waals surface area contributed by atoms with E-state index in [1.807, 2.05) is 31.2 Å². The Morgan fingerprint density at radius 3 is 2.94 bits per heavy atom. The number of benzene rings is 1. The molecule has 0 radical (unpaired) electrons. The molecule has 1 saturated carbocycles. The highest BCUT2D eigenvalue weighted by Crippen LogP contribution is 2.18. The molecule has 2 rings (SSSR count). The lowest BCUT2D eigenvalue weighted by atomic mass is 10.2. The molecule has 1 aromatic rings. The molecule has 1 aliphatic carbocycles. The number of hydrogen-bond acceptors (Lipinski definition) is 3. The normalized spacial score (nSPS) is 18.6. The van der Waals surface area contributed by atoms with Gasteiger partial charge in [0.15, 0.2) is 0 Å². The predicted molar refractivity (Wildman–Crippen MR) is 74.9 cm³/mol. The molecule has 4 heteroatoms. The van der Waals surface area contributed by atoms with Crippen molar-refractivity contribution < 1.29 is 9.32 Å². The molecule has 100 valence electrons. The molecule has 1 aliphatic rings. The minimum Gasteiger partial charge on any atom is -0.391 e. The van der Waals surface area contributed by atoms with Gasteiger partial charge in [0.05, 0.1) is 11.9 Å². The van der Waals surface area contributed by atoms with Crippen molar-refractivity contribution in [3.63, 3.8) is 0 Å². The summed E-state index contributed by atoms with van der Waals surface area (Å²) in [5, 5.41) is 13.0. The first-order valence-electron chi connectivity index (χ1n) is 6.45. The summed E-state index contributed by atoms with van der Waals surface area (Å²) in [7, 11) is -0.994. The van der Waals surface area contributed by atoms with Crippen molar-refractivity contribution in [2.45, 2.75) is 37.7 Å². The second-order valence-electron chi connectivity index (χ2n) is 5.08. The van der Waals surface area contributed by atoms with Gasteiger partial charge in [-0.2, -0.15) is 0 Å². The van der Waals surface area contributed by atoms with E-state index in [0.717, 1.165) is 5.56 Å². The van der Waals surface area contributed by atoms with Gasteiger partial charge in [-0.05, 0) is 25.3 Å². The molecule has 0 amide bonds. The summed E-state index contributed by atoms with van der Waals surface area (Å²) >= 11 is 0. The molecule has 0 saturated heterocycles. The molecule has 2 unspecified atom stereocenters. The average Bonchev–Trinajstić information content (AvgIpc) is 3.09. The van der Waals surface area contributed by atoms with E-state index in [0.29, 0.717) is 24.1 Å². The van der Waals surface area contributed by atoms with Crippen molar-refractivity contribution in [2.75, 3.05) is 12.3 Å². The third kappa shape index (κ3) is 4.88. The molecule has 2 atom stereocenters. The molecule has 1 aromatic carbocycles. The van der Waals surface area contributed by atoms with Crippen LogP contribution in [0.5, 0.6) is 0 Å². The monoisotopic (exact) mass is 267 g/mol. The molecule has 0 aromatic heterocycles. The quantitative estimate of drug-likeness (QED) is 0.784. The van der Waals surface area contributed by atoms with Gasteiger partial charge in [-0.15, -0.1) is 0 Å². The first-order chi connectivity index (χ1) is 8.63. The number of hydrogen-bond donors (Lipinski definition) is 2. The third-order valence-corrected chi connectivity index (χ3v) is 4.42. The fraction of sp³-hybridized carbons (Fsp3) is 0.571. The Morgan fingerprint density at radius 1 is 1.50 bits per heavy atom. The first-order valence-corrected chi connectivity index (χ1v) is 7.94. The van der Waals surface area contributed by atoms with Gasteiger partial charge in [0, 0.05) is 29.1 Å². The number of aliphatic hydroxyl groups is 1. The lowest BCUT2D eigenvalue weighted by molar-refractivity contribution is 0.194. The Labute approximate surface area is 111 Å². The van der Waals surface area contributed by atoms with Crippen molar-refractivity contribution in [2.24, 2.45) is 0 Å². The summed E-state index contributed by atoms with van der Waals surface area (Å²) in [6.07, 6.45) is 1.91. The van der Waals surface area contributed by atoms with Crippen LogP contribution in [-0.2, 0) is 16.6 Å². The van der Waals surface area contributed by atoms with E-state index in [2.05, 4.69) is 5.32 Å². The van der Waals surface area contributed by atoms with E-state index in [-0.39, 0.29) is 0 Å². The smallest absolute Gasteiger partial charge is 0.0779 e. The minimum atomic E-state index is -0.994. The van der Waals surface area contributed by atoms with Crippen molar-refractivity contribution >= 4 is 10.8 Å². The van der Waals surface area contributed by atoms with Gasteiger partial charge in [0.1, 0.15) is 0 Å².